The number of rotatable bonds is 1. The van der Waals surface area contributed by atoms with Crippen molar-refractivity contribution >= 4 is 0 Å². The number of dihydropyridines is 1. The van der Waals surface area contributed by atoms with Gasteiger partial charge in [0.1, 0.15) is 0 Å². The van der Waals surface area contributed by atoms with Crippen LogP contribution in [0.15, 0.2) is 23.9 Å². The van der Waals surface area contributed by atoms with Crippen molar-refractivity contribution < 1.29 is 0 Å². The highest BCUT2D eigenvalue weighted by Gasteiger charge is 2.14. The fourth-order valence-corrected chi connectivity index (χ4v) is 2.46. The quantitative estimate of drug-likeness (QED) is 0.666. The smallest absolute Gasteiger partial charge is 0.0682 e. The molecule has 0 spiro atoms. The Morgan fingerprint density at radius 3 is 2.36 bits per heavy atom. The van der Waals surface area contributed by atoms with Gasteiger partial charge in [0, 0.05) is 0 Å². The summed E-state index contributed by atoms with van der Waals surface area (Å²) in [5, 5.41) is 3.10. The Kier molecular flexibility index (Phi) is 3.67. The van der Waals surface area contributed by atoms with Crippen LogP contribution in [0.2, 0.25) is 0 Å². The average Bonchev–Trinajstić information content (AvgIpc) is 2.18. The lowest BCUT2D eigenvalue weighted by molar-refractivity contribution is 0.424. The summed E-state index contributed by atoms with van der Waals surface area (Å²) >= 11 is 0. The lowest BCUT2D eigenvalue weighted by Gasteiger charge is -2.22. The van der Waals surface area contributed by atoms with Gasteiger partial charge in [-0.1, -0.05) is 38.2 Å². The van der Waals surface area contributed by atoms with Crippen LogP contribution in [0.1, 0.15) is 44.9 Å². The van der Waals surface area contributed by atoms with Gasteiger partial charge in [0.05, 0.1) is 6.54 Å². The van der Waals surface area contributed by atoms with Crippen molar-refractivity contribution in [2.45, 2.75) is 44.9 Å². The van der Waals surface area contributed by atoms with E-state index in [1.54, 1.807) is 0 Å². The highest BCUT2D eigenvalue weighted by molar-refractivity contribution is 5.27. The van der Waals surface area contributed by atoms with Crippen LogP contribution in [0.5, 0.6) is 0 Å². The molecular weight excluding hydrogens is 170 g/mol. The molecule has 1 nitrogen and oxygen atoms in total. The first-order valence-corrected chi connectivity index (χ1v) is 5.93. The summed E-state index contributed by atoms with van der Waals surface area (Å²) in [6.07, 6.45) is 16.5. The molecule has 0 bridgehead atoms. The van der Waals surface area contributed by atoms with Crippen molar-refractivity contribution in [3.63, 3.8) is 0 Å². The van der Waals surface area contributed by atoms with Crippen LogP contribution in [0, 0.1) is 12.5 Å². The molecule has 0 saturated heterocycles. The molecule has 0 atom stereocenters. The second kappa shape index (κ2) is 5.23. The molecule has 77 valence electrons. The van der Waals surface area contributed by atoms with E-state index in [4.69, 9.17) is 0 Å². The Balaban J connectivity index is 1.93. The van der Waals surface area contributed by atoms with E-state index in [1.807, 2.05) is 12.7 Å². The summed E-state index contributed by atoms with van der Waals surface area (Å²) in [5.74, 6) is 0.824. The molecule has 1 saturated carbocycles. The summed E-state index contributed by atoms with van der Waals surface area (Å²) in [6, 6.07) is 0. The molecule has 1 aliphatic heterocycles. The Hall–Kier alpha value is -0.720. The fourth-order valence-electron chi connectivity index (χ4n) is 2.46. The normalized spacial score (nSPS) is 24.7. The van der Waals surface area contributed by atoms with Gasteiger partial charge in [0.25, 0.3) is 0 Å². The van der Waals surface area contributed by atoms with Gasteiger partial charge in [-0.2, -0.15) is 0 Å². The molecule has 0 unspecified atom stereocenters. The van der Waals surface area contributed by atoms with Gasteiger partial charge in [-0.15, -0.1) is 0 Å². The van der Waals surface area contributed by atoms with Gasteiger partial charge in [0.15, 0.2) is 0 Å². The van der Waals surface area contributed by atoms with E-state index in [9.17, 15) is 0 Å². The Morgan fingerprint density at radius 1 is 1.00 bits per heavy atom. The fraction of sp³-hybridized carbons (Fsp3) is 0.615. The largest absolute Gasteiger partial charge is 0.382 e. The average molecular weight is 190 g/mol. The lowest BCUT2D eigenvalue weighted by Crippen LogP contribution is -2.11. The summed E-state index contributed by atoms with van der Waals surface area (Å²) in [5.41, 5.74) is 1.53. The summed E-state index contributed by atoms with van der Waals surface area (Å²) in [7, 11) is 0. The standard InChI is InChI=1S/C13H20N/c1-2-4-6-12(7-5-3-1)13-8-10-14-11-9-13/h8-12,14H,1-7H2. The molecule has 2 rings (SSSR count). The zero-order chi connectivity index (χ0) is 9.64. The zero-order valence-corrected chi connectivity index (χ0v) is 8.84. The molecule has 1 fully saturated rings. The predicted molar refractivity (Wildman–Crippen MR) is 60.5 cm³/mol. The first-order chi connectivity index (χ1) is 6.97. The first kappa shape index (κ1) is 9.82. The minimum atomic E-state index is 0.824. The summed E-state index contributed by atoms with van der Waals surface area (Å²) in [4.78, 5) is 0. The highest BCUT2D eigenvalue weighted by atomic mass is 14.8. The van der Waals surface area contributed by atoms with Crippen molar-refractivity contribution in [3.05, 3.63) is 30.5 Å². The molecule has 0 aromatic heterocycles. The first-order valence-electron chi connectivity index (χ1n) is 5.93. The van der Waals surface area contributed by atoms with Crippen LogP contribution in [0.3, 0.4) is 0 Å². The van der Waals surface area contributed by atoms with Gasteiger partial charge in [0.2, 0.25) is 0 Å². The lowest BCUT2D eigenvalue weighted by atomic mass is 9.85. The van der Waals surface area contributed by atoms with Crippen LogP contribution in [0.4, 0.5) is 0 Å². The van der Waals surface area contributed by atoms with Crippen LogP contribution in [-0.4, -0.2) is 0 Å². The van der Waals surface area contributed by atoms with Crippen molar-refractivity contribution in [1.29, 1.82) is 0 Å². The van der Waals surface area contributed by atoms with Gasteiger partial charge in [-0.3, -0.25) is 0 Å². The van der Waals surface area contributed by atoms with Crippen molar-refractivity contribution in [1.82, 2.24) is 5.32 Å². The molecule has 1 heteroatoms. The van der Waals surface area contributed by atoms with Crippen LogP contribution >= 0.6 is 0 Å². The third-order valence-corrected chi connectivity index (χ3v) is 3.32. The molecule has 0 aromatic rings. The molecule has 14 heavy (non-hydrogen) atoms. The van der Waals surface area contributed by atoms with Gasteiger partial charge >= 0.3 is 0 Å². The minimum absolute atomic E-state index is 0.824. The second-order valence-corrected chi connectivity index (χ2v) is 4.38. The van der Waals surface area contributed by atoms with Crippen molar-refractivity contribution in [2.24, 2.45) is 5.92 Å². The SMILES string of the molecule is [CH]1C=C(C2CCCCCCC2)C=CN1. The van der Waals surface area contributed by atoms with Crippen LogP contribution in [0.25, 0.3) is 0 Å². The van der Waals surface area contributed by atoms with Crippen LogP contribution in [-0.2, 0) is 0 Å². The maximum Gasteiger partial charge on any atom is 0.0682 e. The van der Waals surface area contributed by atoms with Gasteiger partial charge in [-0.25, -0.2) is 0 Å². The topological polar surface area (TPSA) is 12.0 Å². The Bertz CT molecular complexity index is 219. The van der Waals surface area contributed by atoms with E-state index in [2.05, 4.69) is 17.5 Å². The van der Waals surface area contributed by atoms with E-state index in [0.717, 1.165) is 5.92 Å². The van der Waals surface area contributed by atoms with E-state index in [1.165, 1.54) is 50.5 Å². The molecule has 1 heterocycles. The van der Waals surface area contributed by atoms with Crippen molar-refractivity contribution in [3.8, 4) is 0 Å². The zero-order valence-electron chi connectivity index (χ0n) is 8.84. The third-order valence-electron chi connectivity index (χ3n) is 3.32. The molecule has 1 radical (unpaired) electrons. The van der Waals surface area contributed by atoms with Gasteiger partial charge in [-0.05, 0) is 36.6 Å². The number of nitrogens with one attached hydrogen (secondary N) is 1. The predicted octanol–water partition coefficient (Wildman–Crippen LogP) is 3.55. The number of allylic oxidation sites excluding steroid dienone is 2. The second-order valence-electron chi connectivity index (χ2n) is 4.38. The number of hydrogen-bond donors (Lipinski definition) is 1. The Labute approximate surface area is 87.3 Å². The molecule has 1 aliphatic carbocycles. The Morgan fingerprint density at radius 2 is 1.71 bits per heavy atom. The number of hydrogen-bond acceptors (Lipinski definition) is 1. The minimum Gasteiger partial charge on any atom is -0.382 e. The molecule has 2 aliphatic rings. The van der Waals surface area contributed by atoms with E-state index in [-0.39, 0.29) is 0 Å². The van der Waals surface area contributed by atoms with Gasteiger partial charge < -0.3 is 5.32 Å². The van der Waals surface area contributed by atoms with Crippen molar-refractivity contribution in [2.75, 3.05) is 0 Å². The van der Waals surface area contributed by atoms with E-state index in [0.29, 0.717) is 0 Å². The van der Waals surface area contributed by atoms with Crippen LogP contribution < -0.4 is 5.32 Å². The maximum absolute atomic E-state index is 3.10. The summed E-state index contributed by atoms with van der Waals surface area (Å²) < 4.78 is 0. The monoisotopic (exact) mass is 190 g/mol. The molecule has 0 amide bonds. The summed E-state index contributed by atoms with van der Waals surface area (Å²) in [6.45, 7) is 2.05. The molecule has 1 N–H and O–H groups in total. The molecule has 0 aromatic carbocycles. The third kappa shape index (κ3) is 2.63. The molecular formula is C13H20N. The van der Waals surface area contributed by atoms with E-state index < -0.39 is 0 Å². The maximum atomic E-state index is 3.10. The highest BCUT2D eigenvalue weighted by Crippen LogP contribution is 2.29. The van der Waals surface area contributed by atoms with E-state index >= 15 is 0 Å².